The number of nitrogens with zero attached hydrogens (tertiary/aromatic N) is 4. The average Bonchev–Trinajstić information content (AvgIpc) is 2.52. The molecule has 0 aliphatic carbocycles. The van der Waals surface area contributed by atoms with Gasteiger partial charge in [-0.2, -0.15) is 5.26 Å². The fourth-order valence-corrected chi connectivity index (χ4v) is 2.44. The normalized spacial score (nSPS) is 16.8. The highest BCUT2D eigenvalue weighted by Crippen LogP contribution is 2.05. The molecule has 0 amide bonds. The standard InChI is InChI=1S/C15H23N5/c1-2-19-9-11-20(12-10-19)8-4-7-17-15-6-3-5-14(13-16)18-15/h3,5-6H,2,4,7-12H2,1H3,(H,17,18). The van der Waals surface area contributed by atoms with Crippen molar-refractivity contribution in [2.75, 3.05) is 51.1 Å². The molecule has 5 nitrogen and oxygen atoms in total. The average molecular weight is 273 g/mol. The molecule has 0 saturated carbocycles. The Kier molecular flexibility index (Phi) is 5.78. The van der Waals surface area contributed by atoms with Gasteiger partial charge in [0.15, 0.2) is 0 Å². The maximum Gasteiger partial charge on any atom is 0.142 e. The van der Waals surface area contributed by atoms with Crippen LogP contribution in [-0.4, -0.2) is 60.6 Å². The minimum Gasteiger partial charge on any atom is -0.370 e. The van der Waals surface area contributed by atoms with Crippen molar-refractivity contribution in [3.05, 3.63) is 23.9 Å². The molecule has 0 unspecified atom stereocenters. The number of pyridine rings is 1. The molecule has 0 bridgehead atoms. The Balaban J connectivity index is 1.63. The molecule has 5 heteroatoms. The molecule has 1 saturated heterocycles. The molecule has 0 atom stereocenters. The zero-order chi connectivity index (χ0) is 14.2. The lowest BCUT2D eigenvalue weighted by Crippen LogP contribution is -2.46. The van der Waals surface area contributed by atoms with E-state index >= 15 is 0 Å². The number of nitrogens with one attached hydrogen (secondary N) is 1. The molecular formula is C15H23N5. The quantitative estimate of drug-likeness (QED) is 0.794. The smallest absolute Gasteiger partial charge is 0.142 e. The Morgan fingerprint density at radius 2 is 2.00 bits per heavy atom. The summed E-state index contributed by atoms with van der Waals surface area (Å²) in [5.41, 5.74) is 0.464. The number of nitriles is 1. The van der Waals surface area contributed by atoms with E-state index in [-0.39, 0.29) is 0 Å². The van der Waals surface area contributed by atoms with Gasteiger partial charge in [0.05, 0.1) is 0 Å². The van der Waals surface area contributed by atoms with Crippen LogP contribution in [0.1, 0.15) is 19.0 Å². The molecule has 0 spiro atoms. The van der Waals surface area contributed by atoms with Gasteiger partial charge in [0.25, 0.3) is 0 Å². The van der Waals surface area contributed by atoms with Gasteiger partial charge in [-0.25, -0.2) is 4.98 Å². The minimum atomic E-state index is 0.464. The monoisotopic (exact) mass is 273 g/mol. The van der Waals surface area contributed by atoms with Crippen molar-refractivity contribution >= 4 is 5.82 Å². The van der Waals surface area contributed by atoms with E-state index in [0.29, 0.717) is 5.69 Å². The van der Waals surface area contributed by atoms with Crippen molar-refractivity contribution < 1.29 is 0 Å². The van der Waals surface area contributed by atoms with Crippen LogP contribution in [0.2, 0.25) is 0 Å². The van der Waals surface area contributed by atoms with Gasteiger partial charge in [-0.3, -0.25) is 0 Å². The lowest BCUT2D eigenvalue weighted by atomic mass is 10.3. The van der Waals surface area contributed by atoms with Crippen LogP contribution in [0, 0.1) is 11.3 Å². The predicted octanol–water partition coefficient (Wildman–Crippen LogP) is 1.39. The summed E-state index contributed by atoms with van der Waals surface area (Å²) in [4.78, 5) is 9.22. The second-order valence-corrected chi connectivity index (χ2v) is 5.08. The summed E-state index contributed by atoms with van der Waals surface area (Å²) in [5, 5.41) is 12.1. The molecule has 1 aromatic rings. The van der Waals surface area contributed by atoms with Crippen LogP contribution >= 0.6 is 0 Å². The molecule has 2 heterocycles. The molecule has 2 rings (SSSR count). The third kappa shape index (κ3) is 4.48. The van der Waals surface area contributed by atoms with Gasteiger partial charge in [0.1, 0.15) is 17.6 Å². The maximum absolute atomic E-state index is 8.79. The van der Waals surface area contributed by atoms with Crippen molar-refractivity contribution in [2.45, 2.75) is 13.3 Å². The largest absolute Gasteiger partial charge is 0.370 e. The summed E-state index contributed by atoms with van der Waals surface area (Å²) < 4.78 is 0. The van der Waals surface area contributed by atoms with E-state index in [1.54, 1.807) is 6.07 Å². The fourth-order valence-electron chi connectivity index (χ4n) is 2.44. The first-order valence-electron chi connectivity index (χ1n) is 7.37. The molecule has 0 radical (unpaired) electrons. The number of aromatic nitrogens is 1. The van der Waals surface area contributed by atoms with Crippen molar-refractivity contribution in [3.8, 4) is 6.07 Å². The number of hydrogen-bond acceptors (Lipinski definition) is 5. The van der Waals surface area contributed by atoms with Gasteiger partial charge in [-0.15, -0.1) is 0 Å². The van der Waals surface area contributed by atoms with Crippen molar-refractivity contribution in [1.29, 1.82) is 5.26 Å². The van der Waals surface area contributed by atoms with Crippen molar-refractivity contribution in [1.82, 2.24) is 14.8 Å². The summed E-state index contributed by atoms with van der Waals surface area (Å²) >= 11 is 0. The lowest BCUT2D eigenvalue weighted by Gasteiger charge is -2.33. The Morgan fingerprint density at radius 3 is 2.70 bits per heavy atom. The predicted molar refractivity (Wildman–Crippen MR) is 80.6 cm³/mol. The number of hydrogen-bond donors (Lipinski definition) is 1. The fraction of sp³-hybridized carbons (Fsp3) is 0.600. The molecule has 1 aliphatic rings. The van der Waals surface area contributed by atoms with Crippen LogP contribution in [-0.2, 0) is 0 Å². The molecule has 1 fully saturated rings. The van der Waals surface area contributed by atoms with Crippen LogP contribution in [0.25, 0.3) is 0 Å². The number of anilines is 1. The van der Waals surface area contributed by atoms with Gasteiger partial charge >= 0.3 is 0 Å². The first-order valence-corrected chi connectivity index (χ1v) is 7.37. The highest BCUT2D eigenvalue weighted by Gasteiger charge is 2.14. The lowest BCUT2D eigenvalue weighted by molar-refractivity contribution is 0.137. The Labute approximate surface area is 121 Å². The zero-order valence-corrected chi connectivity index (χ0v) is 12.2. The van der Waals surface area contributed by atoms with Crippen LogP contribution in [0.4, 0.5) is 5.82 Å². The van der Waals surface area contributed by atoms with Gasteiger partial charge in [-0.05, 0) is 31.6 Å². The first-order chi connectivity index (χ1) is 9.81. The van der Waals surface area contributed by atoms with Crippen LogP contribution in [0.5, 0.6) is 0 Å². The summed E-state index contributed by atoms with van der Waals surface area (Å²) in [5.74, 6) is 0.792. The second-order valence-electron chi connectivity index (χ2n) is 5.08. The summed E-state index contributed by atoms with van der Waals surface area (Å²) in [6.45, 7) is 10.1. The van der Waals surface area contributed by atoms with Crippen LogP contribution < -0.4 is 5.32 Å². The van der Waals surface area contributed by atoms with Crippen LogP contribution in [0.15, 0.2) is 18.2 Å². The van der Waals surface area contributed by atoms with Gasteiger partial charge in [-0.1, -0.05) is 13.0 Å². The first kappa shape index (κ1) is 14.8. The van der Waals surface area contributed by atoms with Crippen molar-refractivity contribution in [3.63, 3.8) is 0 Å². The molecular weight excluding hydrogens is 250 g/mol. The van der Waals surface area contributed by atoms with Crippen LogP contribution in [0.3, 0.4) is 0 Å². The van der Waals surface area contributed by atoms with Gasteiger partial charge < -0.3 is 15.1 Å². The van der Waals surface area contributed by atoms with E-state index in [1.807, 2.05) is 12.1 Å². The van der Waals surface area contributed by atoms with Gasteiger partial charge in [0.2, 0.25) is 0 Å². The number of rotatable bonds is 6. The third-order valence-corrected chi connectivity index (χ3v) is 3.73. The Morgan fingerprint density at radius 1 is 1.25 bits per heavy atom. The van der Waals surface area contributed by atoms with E-state index in [9.17, 15) is 0 Å². The van der Waals surface area contributed by atoms with Crippen molar-refractivity contribution in [2.24, 2.45) is 0 Å². The Hall–Kier alpha value is -1.64. The second kappa shape index (κ2) is 7.83. The zero-order valence-electron chi connectivity index (χ0n) is 12.2. The Bertz CT molecular complexity index is 446. The molecule has 1 N–H and O–H groups in total. The highest BCUT2D eigenvalue weighted by atomic mass is 15.3. The van der Waals surface area contributed by atoms with E-state index in [2.05, 4.69) is 33.1 Å². The summed E-state index contributed by atoms with van der Waals surface area (Å²) in [6.07, 6.45) is 1.10. The summed E-state index contributed by atoms with van der Waals surface area (Å²) in [6, 6.07) is 7.54. The van der Waals surface area contributed by atoms with Gasteiger partial charge in [0, 0.05) is 32.7 Å². The molecule has 1 aliphatic heterocycles. The van der Waals surface area contributed by atoms with E-state index in [1.165, 1.54) is 26.2 Å². The maximum atomic E-state index is 8.79. The van der Waals surface area contributed by atoms with E-state index < -0.39 is 0 Å². The molecule has 0 aromatic carbocycles. The highest BCUT2D eigenvalue weighted by molar-refractivity contribution is 5.38. The topological polar surface area (TPSA) is 55.2 Å². The SMILES string of the molecule is CCN1CCN(CCCNc2cccc(C#N)n2)CC1. The molecule has 108 valence electrons. The minimum absolute atomic E-state index is 0.464. The number of piperazine rings is 1. The molecule has 20 heavy (non-hydrogen) atoms. The summed E-state index contributed by atoms with van der Waals surface area (Å²) in [7, 11) is 0. The molecule has 1 aromatic heterocycles. The van der Waals surface area contributed by atoms with E-state index in [0.717, 1.165) is 31.9 Å². The number of likely N-dealkylation sites (N-methyl/N-ethyl adjacent to an activating group) is 1. The third-order valence-electron chi connectivity index (χ3n) is 3.73. The van der Waals surface area contributed by atoms with E-state index in [4.69, 9.17) is 5.26 Å².